The standard InChI is InChI=1S/C23H29Cl10N3O10/c1-10-11(35(2)19(38)41-8-21(25,26)27)4-5-14(43-10)44-12-7-40-17(46-18(34)23(31,32)33)15(16(12)45-13(37)6-24)36(3)20(39)42-9-22(28,29)30/h10-12,14-17,34H,4-9H2,1-3H3/t10-,11+,12-,14+,15-,16+,17-/m1/s1. The molecule has 0 aromatic heterocycles. The Labute approximate surface area is 314 Å². The predicted octanol–water partition coefficient (Wildman–Crippen LogP) is 6.38. The maximum Gasteiger partial charge on any atom is 0.410 e. The highest BCUT2D eigenvalue weighted by Crippen LogP contribution is 2.34. The number of alkyl halides is 10. The van der Waals surface area contributed by atoms with Crippen molar-refractivity contribution in [1.82, 2.24) is 9.80 Å². The average Bonchev–Trinajstić information content (AvgIpc) is 2.93. The Kier molecular flexibility index (Phi) is 16.6. The van der Waals surface area contributed by atoms with Crippen molar-refractivity contribution in [2.45, 2.75) is 74.1 Å². The number of rotatable bonds is 9. The van der Waals surface area contributed by atoms with Gasteiger partial charge in [-0.15, -0.1) is 11.6 Å². The van der Waals surface area contributed by atoms with E-state index in [0.29, 0.717) is 6.42 Å². The fourth-order valence-corrected chi connectivity index (χ4v) is 4.91. The van der Waals surface area contributed by atoms with Crippen molar-refractivity contribution in [3.8, 4) is 0 Å². The molecule has 2 fully saturated rings. The maximum absolute atomic E-state index is 13.0. The van der Waals surface area contributed by atoms with Gasteiger partial charge in [0.2, 0.25) is 19.8 Å². The summed E-state index contributed by atoms with van der Waals surface area (Å²) in [7, 11) is 2.73. The van der Waals surface area contributed by atoms with Gasteiger partial charge in [-0.2, -0.15) is 0 Å². The molecule has 0 spiro atoms. The molecule has 2 rings (SSSR count). The van der Waals surface area contributed by atoms with Crippen LogP contribution in [0.5, 0.6) is 0 Å². The molecule has 0 radical (unpaired) electrons. The lowest BCUT2D eigenvalue weighted by Crippen LogP contribution is -2.64. The van der Waals surface area contributed by atoms with Crippen LogP contribution in [0.3, 0.4) is 0 Å². The van der Waals surface area contributed by atoms with Gasteiger partial charge in [0.05, 0.1) is 18.8 Å². The molecule has 0 unspecified atom stereocenters. The van der Waals surface area contributed by atoms with Crippen molar-refractivity contribution in [2.75, 3.05) is 39.8 Å². The van der Waals surface area contributed by atoms with Crippen LogP contribution in [0, 0.1) is 5.41 Å². The molecule has 266 valence electrons. The lowest BCUT2D eigenvalue weighted by molar-refractivity contribution is -0.288. The predicted molar refractivity (Wildman–Crippen MR) is 174 cm³/mol. The minimum Gasteiger partial charge on any atom is -0.456 e. The van der Waals surface area contributed by atoms with Crippen LogP contribution in [0.4, 0.5) is 9.59 Å². The molecule has 0 saturated carbocycles. The van der Waals surface area contributed by atoms with Crippen LogP contribution in [0.1, 0.15) is 19.8 Å². The number of nitrogens with zero attached hydrogens (tertiary/aromatic N) is 2. The highest BCUT2D eigenvalue weighted by molar-refractivity contribution is 6.76. The third-order valence-corrected chi connectivity index (χ3v) is 7.83. The summed E-state index contributed by atoms with van der Waals surface area (Å²) in [4.78, 5) is 40.2. The number of carbonyl (C=O) groups is 3. The number of hydrogen-bond acceptors (Lipinski definition) is 11. The fourth-order valence-electron chi connectivity index (χ4n) is 4.38. The van der Waals surface area contributed by atoms with E-state index in [2.05, 4.69) is 0 Å². The van der Waals surface area contributed by atoms with Crippen LogP contribution in [0.25, 0.3) is 0 Å². The van der Waals surface area contributed by atoms with Crippen molar-refractivity contribution >= 4 is 140 Å². The van der Waals surface area contributed by atoms with E-state index in [-0.39, 0.29) is 13.0 Å². The molecule has 2 aliphatic heterocycles. The Balaban J connectivity index is 2.28. The second kappa shape index (κ2) is 18.0. The molecule has 7 atom stereocenters. The van der Waals surface area contributed by atoms with Crippen molar-refractivity contribution in [3.05, 3.63) is 0 Å². The van der Waals surface area contributed by atoms with Gasteiger partial charge in [-0.3, -0.25) is 15.1 Å². The lowest BCUT2D eigenvalue weighted by Gasteiger charge is -2.46. The molecule has 1 N–H and O–H groups in total. The van der Waals surface area contributed by atoms with E-state index in [4.69, 9.17) is 155 Å². The number of ether oxygens (including phenoxy) is 7. The summed E-state index contributed by atoms with van der Waals surface area (Å²) in [6.07, 6.45) is -6.76. The topological polar surface area (TPSA) is 146 Å². The second-order valence-corrected chi connectivity index (χ2v) is 17.5. The van der Waals surface area contributed by atoms with Crippen molar-refractivity contribution in [1.29, 1.82) is 5.41 Å². The molecule has 46 heavy (non-hydrogen) atoms. The first-order valence-electron chi connectivity index (χ1n) is 13.0. The normalized spacial score (nSPS) is 27.3. The smallest absolute Gasteiger partial charge is 0.410 e. The number of nitrogens with one attached hydrogen (secondary N) is 1. The monoisotopic (exact) mass is 857 g/mol. The number of esters is 1. The summed E-state index contributed by atoms with van der Waals surface area (Å²) in [5.74, 6) is -2.35. The first-order chi connectivity index (χ1) is 21.0. The summed E-state index contributed by atoms with van der Waals surface area (Å²) in [5.41, 5.74) is 0. The molecule has 2 saturated heterocycles. The summed E-state index contributed by atoms with van der Waals surface area (Å²) in [6, 6.07) is -1.86. The minimum absolute atomic E-state index is 0.243. The third-order valence-electron chi connectivity index (χ3n) is 6.45. The number of halogens is 10. The van der Waals surface area contributed by atoms with E-state index >= 15 is 0 Å². The Bertz CT molecular complexity index is 1080. The van der Waals surface area contributed by atoms with Gasteiger partial charge in [-0.05, 0) is 13.3 Å². The fraction of sp³-hybridized carbons (Fsp3) is 0.826. The van der Waals surface area contributed by atoms with Gasteiger partial charge >= 0.3 is 18.2 Å². The third kappa shape index (κ3) is 13.5. The van der Waals surface area contributed by atoms with E-state index in [1.807, 2.05) is 0 Å². The first-order valence-corrected chi connectivity index (χ1v) is 16.9. The highest BCUT2D eigenvalue weighted by atomic mass is 35.6. The molecular weight excluding hydrogens is 833 g/mol. The Morgan fingerprint density at radius 3 is 1.89 bits per heavy atom. The number of amides is 2. The van der Waals surface area contributed by atoms with E-state index in [1.165, 1.54) is 19.0 Å². The van der Waals surface area contributed by atoms with Gasteiger partial charge in [0.25, 0.3) is 3.79 Å². The Morgan fingerprint density at radius 1 is 0.870 bits per heavy atom. The molecular formula is C23H29Cl10N3O10. The minimum atomic E-state index is -2.32. The SMILES string of the molecule is C[C@H]1O[C@@H](O[C@@H]2CO[C@H](OC(=N)C(Cl)(Cl)Cl)[C@H](N(C)C(=O)OCC(Cl)(Cl)Cl)[C@H]2OC(=O)CCl)CC[C@@H]1N(C)C(=O)OCC(Cl)(Cl)Cl. The van der Waals surface area contributed by atoms with Gasteiger partial charge in [0.1, 0.15) is 31.2 Å². The molecule has 0 bridgehead atoms. The molecule has 13 nitrogen and oxygen atoms in total. The summed E-state index contributed by atoms with van der Waals surface area (Å²) >= 11 is 57.2. The zero-order valence-electron chi connectivity index (χ0n) is 24.0. The van der Waals surface area contributed by atoms with Crippen LogP contribution < -0.4 is 0 Å². The van der Waals surface area contributed by atoms with Crippen molar-refractivity contribution in [3.63, 3.8) is 0 Å². The van der Waals surface area contributed by atoms with E-state index in [0.717, 1.165) is 4.90 Å². The first kappa shape index (κ1) is 42.4. The van der Waals surface area contributed by atoms with Crippen LogP contribution in [-0.2, 0) is 38.0 Å². The van der Waals surface area contributed by atoms with Gasteiger partial charge in [0.15, 0.2) is 12.4 Å². The molecule has 0 aromatic carbocycles. The maximum atomic E-state index is 13.0. The molecule has 0 aliphatic carbocycles. The lowest BCUT2D eigenvalue weighted by atomic mass is 9.99. The van der Waals surface area contributed by atoms with Gasteiger partial charge in [0, 0.05) is 20.5 Å². The molecule has 0 aromatic rings. The number of carbonyl (C=O) groups excluding carboxylic acids is 3. The van der Waals surface area contributed by atoms with E-state index < -0.39 is 97.5 Å². The van der Waals surface area contributed by atoms with E-state index in [9.17, 15) is 14.4 Å². The highest BCUT2D eigenvalue weighted by Gasteiger charge is 2.51. The van der Waals surface area contributed by atoms with Crippen LogP contribution >= 0.6 is 116 Å². The number of hydrogen-bond donors (Lipinski definition) is 1. The molecule has 2 heterocycles. The second-order valence-electron chi connectivity index (χ2n) is 9.88. The Morgan fingerprint density at radius 2 is 1.41 bits per heavy atom. The summed E-state index contributed by atoms with van der Waals surface area (Å²) < 4.78 is 33.0. The zero-order chi connectivity index (χ0) is 35.2. The van der Waals surface area contributed by atoms with Crippen LogP contribution in [-0.4, -0.2) is 128 Å². The quantitative estimate of drug-likeness (QED) is 0.0912. The molecule has 23 heteroatoms. The van der Waals surface area contributed by atoms with Crippen LogP contribution in [0.15, 0.2) is 0 Å². The zero-order valence-corrected chi connectivity index (χ0v) is 31.6. The van der Waals surface area contributed by atoms with Crippen LogP contribution in [0.2, 0.25) is 0 Å². The summed E-state index contributed by atoms with van der Waals surface area (Å²) in [5, 5.41) is 8.02. The van der Waals surface area contributed by atoms with Crippen molar-refractivity contribution in [2.24, 2.45) is 0 Å². The van der Waals surface area contributed by atoms with Crippen molar-refractivity contribution < 1.29 is 47.5 Å². The summed E-state index contributed by atoms with van der Waals surface area (Å²) in [6.45, 7) is 0.257. The molecule has 2 amide bonds. The molecule has 2 aliphatic rings. The van der Waals surface area contributed by atoms with Gasteiger partial charge in [-0.25, -0.2) is 9.59 Å². The van der Waals surface area contributed by atoms with E-state index in [1.54, 1.807) is 6.92 Å². The van der Waals surface area contributed by atoms with Gasteiger partial charge in [-0.1, -0.05) is 104 Å². The largest absolute Gasteiger partial charge is 0.456 e. The number of likely N-dealkylation sites (N-methyl/N-ethyl adjacent to an activating group) is 2. The van der Waals surface area contributed by atoms with Gasteiger partial charge < -0.3 is 38.1 Å². The Hall–Kier alpha value is 0.260. The average molecular weight is 862 g/mol.